The number of carbonyl (C=O) groups is 2. The molecule has 0 aromatic rings. The molecular weight excluding hydrogens is 254 g/mol. The van der Waals surface area contributed by atoms with E-state index in [2.05, 4.69) is 4.90 Å². The second-order valence-corrected chi connectivity index (χ2v) is 6.26. The van der Waals surface area contributed by atoms with E-state index in [4.69, 9.17) is 0 Å². The van der Waals surface area contributed by atoms with E-state index in [0.717, 1.165) is 51.5 Å². The third kappa shape index (κ3) is 3.40. The van der Waals surface area contributed by atoms with Gasteiger partial charge < -0.3 is 5.11 Å². The first-order chi connectivity index (χ1) is 9.65. The Morgan fingerprint density at radius 3 is 2.70 bits per heavy atom. The number of ketones is 1. The molecule has 114 valence electrons. The number of rotatable bonds is 5. The smallest absolute Gasteiger partial charge is 0.320 e. The summed E-state index contributed by atoms with van der Waals surface area (Å²) in [5.41, 5.74) is 0. The third-order valence-corrected chi connectivity index (χ3v) is 4.91. The lowest BCUT2D eigenvalue weighted by Crippen LogP contribution is -2.54. The molecule has 2 rings (SSSR count). The van der Waals surface area contributed by atoms with Gasteiger partial charge in [0.2, 0.25) is 0 Å². The minimum Gasteiger partial charge on any atom is -0.480 e. The molecule has 3 atom stereocenters. The summed E-state index contributed by atoms with van der Waals surface area (Å²) in [6.45, 7) is 2.87. The van der Waals surface area contributed by atoms with Gasteiger partial charge in [-0.3, -0.25) is 14.5 Å². The van der Waals surface area contributed by atoms with Crippen LogP contribution < -0.4 is 0 Å². The lowest BCUT2D eigenvalue weighted by Gasteiger charge is -2.43. The summed E-state index contributed by atoms with van der Waals surface area (Å²) in [6.07, 6.45) is 8.52. The second-order valence-electron chi connectivity index (χ2n) is 6.26. The number of aliphatic carboxylic acids is 1. The van der Waals surface area contributed by atoms with Crippen molar-refractivity contribution in [2.45, 2.75) is 76.8 Å². The Labute approximate surface area is 121 Å². The molecule has 1 aliphatic heterocycles. The molecule has 1 saturated heterocycles. The predicted octanol–water partition coefficient (Wildman–Crippen LogP) is 2.85. The molecule has 0 radical (unpaired) electrons. The van der Waals surface area contributed by atoms with Gasteiger partial charge in [-0.15, -0.1) is 0 Å². The Morgan fingerprint density at radius 2 is 2.05 bits per heavy atom. The van der Waals surface area contributed by atoms with Crippen molar-refractivity contribution in [3.8, 4) is 0 Å². The highest BCUT2D eigenvalue weighted by Gasteiger charge is 2.39. The van der Waals surface area contributed by atoms with Crippen LogP contribution in [0.1, 0.15) is 64.7 Å². The minimum atomic E-state index is -0.720. The zero-order valence-electron chi connectivity index (χ0n) is 12.5. The molecule has 0 spiro atoms. The summed E-state index contributed by atoms with van der Waals surface area (Å²) in [5.74, 6) is -0.265. The topological polar surface area (TPSA) is 57.6 Å². The van der Waals surface area contributed by atoms with Crippen molar-refractivity contribution >= 4 is 11.8 Å². The van der Waals surface area contributed by atoms with E-state index in [0.29, 0.717) is 18.6 Å². The average Bonchev–Trinajstić information content (AvgIpc) is 2.45. The van der Waals surface area contributed by atoms with Gasteiger partial charge >= 0.3 is 5.97 Å². The van der Waals surface area contributed by atoms with E-state index in [1.54, 1.807) is 0 Å². The van der Waals surface area contributed by atoms with E-state index in [-0.39, 0.29) is 12.0 Å². The summed E-state index contributed by atoms with van der Waals surface area (Å²) in [4.78, 5) is 25.9. The first kappa shape index (κ1) is 15.5. The number of piperidine rings is 1. The van der Waals surface area contributed by atoms with Crippen LogP contribution in [0, 0.1) is 5.92 Å². The monoisotopic (exact) mass is 281 g/mol. The van der Waals surface area contributed by atoms with Gasteiger partial charge in [0.25, 0.3) is 0 Å². The minimum absolute atomic E-state index is 0.0859. The van der Waals surface area contributed by atoms with Crippen LogP contribution in [0.2, 0.25) is 0 Å². The van der Waals surface area contributed by atoms with Gasteiger partial charge in [0.05, 0.1) is 0 Å². The highest BCUT2D eigenvalue weighted by atomic mass is 16.4. The number of carbonyl (C=O) groups excluding carboxylic acids is 1. The molecule has 20 heavy (non-hydrogen) atoms. The highest BCUT2D eigenvalue weighted by Crippen LogP contribution is 2.33. The van der Waals surface area contributed by atoms with Gasteiger partial charge in [-0.25, -0.2) is 0 Å². The number of Topliss-reactive ketones (excluding diaryl/α,β-unsaturated/α-hetero) is 1. The Kier molecular flexibility index (Phi) is 5.58. The van der Waals surface area contributed by atoms with Crippen molar-refractivity contribution in [1.82, 2.24) is 4.90 Å². The number of nitrogens with zero attached hydrogens (tertiary/aromatic N) is 1. The maximum absolute atomic E-state index is 12.2. The zero-order chi connectivity index (χ0) is 14.5. The average molecular weight is 281 g/mol. The summed E-state index contributed by atoms with van der Waals surface area (Å²) < 4.78 is 0. The van der Waals surface area contributed by atoms with Crippen molar-refractivity contribution in [2.75, 3.05) is 6.54 Å². The van der Waals surface area contributed by atoms with E-state index in [1.165, 1.54) is 0 Å². The molecule has 2 fully saturated rings. The van der Waals surface area contributed by atoms with E-state index < -0.39 is 12.0 Å². The van der Waals surface area contributed by atoms with Crippen LogP contribution >= 0.6 is 0 Å². The third-order valence-electron chi connectivity index (χ3n) is 4.91. The van der Waals surface area contributed by atoms with Gasteiger partial charge in [0, 0.05) is 18.4 Å². The Balaban J connectivity index is 2.14. The van der Waals surface area contributed by atoms with Crippen LogP contribution in [0.3, 0.4) is 0 Å². The number of carboxylic acids is 1. The molecule has 0 aromatic heterocycles. The largest absolute Gasteiger partial charge is 0.480 e. The molecule has 4 heteroatoms. The lowest BCUT2D eigenvalue weighted by atomic mass is 9.78. The van der Waals surface area contributed by atoms with E-state index in [1.807, 2.05) is 6.92 Å². The van der Waals surface area contributed by atoms with Crippen molar-refractivity contribution in [3.05, 3.63) is 0 Å². The number of likely N-dealkylation sites (tertiary alicyclic amines) is 1. The van der Waals surface area contributed by atoms with Crippen LogP contribution in [0.25, 0.3) is 0 Å². The summed E-state index contributed by atoms with van der Waals surface area (Å²) in [5, 5.41) is 9.51. The van der Waals surface area contributed by atoms with Crippen LogP contribution in [0.15, 0.2) is 0 Å². The Morgan fingerprint density at radius 1 is 1.30 bits per heavy atom. The van der Waals surface area contributed by atoms with Crippen molar-refractivity contribution in [1.29, 1.82) is 0 Å². The normalized spacial score (nSPS) is 30.1. The van der Waals surface area contributed by atoms with E-state index in [9.17, 15) is 14.7 Å². The summed E-state index contributed by atoms with van der Waals surface area (Å²) in [7, 11) is 0. The number of hydrogen-bond donors (Lipinski definition) is 1. The van der Waals surface area contributed by atoms with Crippen LogP contribution in [0.4, 0.5) is 0 Å². The fourth-order valence-electron chi connectivity index (χ4n) is 3.92. The molecule has 0 bridgehead atoms. The molecule has 4 nitrogen and oxygen atoms in total. The molecule has 1 saturated carbocycles. The lowest BCUT2D eigenvalue weighted by molar-refractivity contribution is -0.147. The van der Waals surface area contributed by atoms with Gasteiger partial charge in [0.15, 0.2) is 0 Å². The second kappa shape index (κ2) is 7.21. The predicted molar refractivity (Wildman–Crippen MR) is 77.6 cm³/mol. The van der Waals surface area contributed by atoms with Crippen LogP contribution in [-0.4, -0.2) is 40.4 Å². The molecule has 1 aliphatic carbocycles. The molecule has 0 amide bonds. The highest BCUT2D eigenvalue weighted by molar-refractivity contribution is 5.82. The molecular formula is C16H27NO3. The Hall–Kier alpha value is -0.900. The number of carboxylic acid groups (broad SMARTS) is 1. The van der Waals surface area contributed by atoms with Gasteiger partial charge in [-0.2, -0.15) is 0 Å². The fraction of sp³-hybridized carbons (Fsp3) is 0.875. The van der Waals surface area contributed by atoms with Crippen LogP contribution in [-0.2, 0) is 9.59 Å². The van der Waals surface area contributed by atoms with Crippen LogP contribution in [0.5, 0.6) is 0 Å². The molecule has 1 N–H and O–H groups in total. The standard InChI is InChI=1S/C16H27NO3/c1-2-7-14(16(19)20)17-11-6-5-9-13(17)12-8-3-4-10-15(12)18/h12-14H,2-11H2,1H3,(H,19,20). The van der Waals surface area contributed by atoms with Gasteiger partial charge in [-0.1, -0.05) is 26.2 Å². The van der Waals surface area contributed by atoms with Crippen molar-refractivity contribution in [3.63, 3.8) is 0 Å². The van der Waals surface area contributed by atoms with E-state index >= 15 is 0 Å². The summed E-state index contributed by atoms with van der Waals surface area (Å²) >= 11 is 0. The van der Waals surface area contributed by atoms with Gasteiger partial charge in [0.1, 0.15) is 11.8 Å². The van der Waals surface area contributed by atoms with Crippen molar-refractivity contribution in [2.24, 2.45) is 5.92 Å². The molecule has 0 aromatic carbocycles. The van der Waals surface area contributed by atoms with Gasteiger partial charge in [-0.05, 0) is 38.6 Å². The molecule has 1 heterocycles. The maximum Gasteiger partial charge on any atom is 0.320 e. The first-order valence-electron chi connectivity index (χ1n) is 8.16. The molecule has 2 aliphatic rings. The zero-order valence-corrected chi connectivity index (χ0v) is 12.5. The fourth-order valence-corrected chi connectivity index (χ4v) is 3.92. The quantitative estimate of drug-likeness (QED) is 0.842. The maximum atomic E-state index is 12.2. The Bertz CT molecular complexity index is 344. The van der Waals surface area contributed by atoms with Crippen molar-refractivity contribution < 1.29 is 14.7 Å². The SMILES string of the molecule is CCCC(C(=O)O)N1CCCCC1C1CCCCC1=O. The first-order valence-corrected chi connectivity index (χ1v) is 8.16. The molecule has 3 unspecified atom stereocenters. The number of hydrogen-bond acceptors (Lipinski definition) is 3. The summed E-state index contributed by atoms with van der Waals surface area (Å²) in [6, 6.07) is -0.232.